The number of fused-ring (bicyclic) bond motifs is 1. The Kier molecular flexibility index (Phi) is 4.78. The van der Waals surface area contributed by atoms with Crippen molar-refractivity contribution in [3.63, 3.8) is 0 Å². The van der Waals surface area contributed by atoms with Gasteiger partial charge in [0.15, 0.2) is 0 Å². The van der Waals surface area contributed by atoms with E-state index >= 15 is 0 Å². The van der Waals surface area contributed by atoms with Crippen molar-refractivity contribution in [2.45, 2.75) is 13.5 Å². The average Bonchev–Trinajstić information content (AvgIpc) is 2.88. The van der Waals surface area contributed by atoms with Gasteiger partial charge in [0, 0.05) is 5.02 Å². The van der Waals surface area contributed by atoms with Gasteiger partial charge in [-0.1, -0.05) is 47.2 Å². The predicted octanol–water partition coefficient (Wildman–Crippen LogP) is 3.26. The zero-order valence-corrected chi connectivity index (χ0v) is 14.4. The molecule has 1 aromatic heterocycles. The van der Waals surface area contributed by atoms with E-state index in [0.717, 1.165) is 27.1 Å². The van der Waals surface area contributed by atoms with Gasteiger partial charge in [-0.15, -0.1) is 0 Å². The summed E-state index contributed by atoms with van der Waals surface area (Å²) in [6.45, 7) is 1.70. The zero-order chi connectivity index (χ0) is 17.1. The van der Waals surface area contributed by atoms with Gasteiger partial charge in [0.1, 0.15) is 6.54 Å². The molecule has 1 heterocycles. The first-order valence-electron chi connectivity index (χ1n) is 7.22. The predicted molar refractivity (Wildman–Crippen MR) is 97.9 cm³/mol. The number of hydrazone groups is 1. The highest BCUT2D eigenvalue weighted by atomic mass is 35.5. The van der Waals surface area contributed by atoms with Gasteiger partial charge in [0.25, 0.3) is 5.91 Å². The highest BCUT2D eigenvalue weighted by Gasteiger charge is 2.10. The van der Waals surface area contributed by atoms with E-state index in [-0.39, 0.29) is 17.3 Å². The molecule has 0 radical (unpaired) electrons. The van der Waals surface area contributed by atoms with E-state index in [2.05, 4.69) is 10.5 Å². The summed E-state index contributed by atoms with van der Waals surface area (Å²) >= 11 is 7.06. The highest BCUT2D eigenvalue weighted by Crippen LogP contribution is 2.16. The lowest BCUT2D eigenvalue weighted by molar-refractivity contribution is -0.121. The molecular formula is C17H14ClN3O2S. The van der Waals surface area contributed by atoms with Crippen LogP contribution in [0.4, 0.5) is 0 Å². The van der Waals surface area contributed by atoms with E-state index in [9.17, 15) is 9.59 Å². The van der Waals surface area contributed by atoms with E-state index in [0.29, 0.717) is 10.7 Å². The number of para-hydroxylation sites is 1. The average molecular weight is 360 g/mol. The standard InChI is InChI=1S/C17H14ClN3O2S/c1-11(12-5-4-6-13(18)9-12)19-20-16(22)10-21-14-7-2-3-8-15(14)24-17(21)23/h2-9H,10H2,1H3,(H,20,22)/b19-11+. The maximum absolute atomic E-state index is 12.1. The van der Waals surface area contributed by atoms with Crippen LogP contribution < -0.4 is 10.3 Å². The molecule has 7 heteroatoms. The summed E-state index contributed by atoms with van der Waals surface area (Å²) in [7, 11) is 0. The summed E-state index contributed by atoms with van der Waals surface area (Å²) < 4.78 is 2.30. The normalized spacial score (nSPS) is 11.7. The summed E-state index contributed by atoms with van der Waals surface area (Å²) in [5, 5.41) is 4.67. The molecule has 0 unspecified atom stereocenters. The number of hydrogen-bond acceptors (Lipinski definition) is 4. The van der Waals surface area contributed by atoms with Crippen LogP contribution in [0.3, 0.4) is 0 Å². The minimum Gasteiger partial charge on any atom is -0.289 e. The van der Waals surface area contributed by atoms with Gasteiger partial charge >= 0.3 is 4.87 Å². The molecule has 0 fully saturated rings. The van der Waals surface area contributed by atoms with Crippen molar-refractivity contribution in [3.8, 4) is 0 Å². The number of benzene rings is 2. The molecule has 0 aliphatic carbocycles. The van der Waals surface area contributed by atoms with Crippen LogP contribution in [0.2, 0.25) is 5.02 Å². The van der Waals surface area contributed by atoms with Gasteiger partial charge in [-0.05, 0) is 36.8 Å². The maximum Gasteiger partial charge on any atom is 0.308 e. The van der Waals surface area contributed by atoms with Crippen LogP contribution in [0, 0.1) is 0 Å². The van der Waals surface area contributed by atoms with Crippen LogP contribution in [0.1, 0.15) is 12.5 Å². The Hall–Kier alpha value is -2.44. The highest BCUT2D eigenvalue weighted by molar-refractivity contribution is 7.16. The largest absolute Gasteiger partial charge is 0.308 e. The minimum atomic E-state index is -0.359. The van der Waals surface area contributed by atoms with Gasteiger partial charge in [-0.3, -0.25) is 14.2 Å². The van der Waals surface area contributed by atoms with Crippen LogP contribution >= 0.6 is 22.9 Å². The van der Waals surface area contributed by atoms with Crippen molar-refractivity contribution in [1.29, 1.82) is 0 Å². The van der Waals surface area contributed by atoms with Crippen LogP contribution in [0.25, 0.3) is 10.2 Å². The fourth-order valence-corrected chi connectivity index (χ4v) is 3.35. The van der Waals surface area contributed by atoms with E-state index in [4.69, 9.17) is 11.6 Å². The Morgan fingerprint density at radius 1 is 1.25 bits per heavy atom. The molecule has 3 rings (SSSR count). The number of hydrogen-bond donors (Lipinski definition) is 1. The molecular weight excluding hydrogens is 346 g/mol. The number of nitrogens with one attached hydrogen (secondary N) is 1. The summed E-state index contributed by atoms with van der Waals surface area (Å²) in [6, 6.07) is 14.6. The molecule has 24 heavy (non-hydrogen) atoms. The Labute approximate surface area is 147 Å². The molecule has 0 aliphatic heterocycles. The molecule has 2 aromatic carbocycles. The molecule has 5 nitrogen and oxygen atoms in total. The zero-order valence-electron chi connectivity index (χ0n) is 12.8. The minimum absolute atomic E-state index is 0.0742. The van der Waals surface area contributed by atoms with Gasteiger partial charge in [-0.2, -0.15) is 5.10 Å². The van der Waals surface area contributed by atoms with E-state index in [1.165, 1.54) is 4.57 Å². The molecule has 0 spiro atoms. The Morgan fingerprint density at radius 3 is 2.83 bits per heavy atom. The van der Waals surface area contributed by atoms with Crippen LogP contribution in [0.15, 0.2) is 58.4 Å². The molecule has 3 aromatic rings. The summed E-state index contributed by atoms with van der Waals surface area (Å²) in [5.74, 6) is -0.359. The summed E-state index contributed by atoms with van der Waals surface area (Å²) in [6.07, 6.45) is 0. The number of aromatic nitrogens is 1. The second-order valence-electron chi connectivity index (χ2n) is 5.16. The van der Waals surface area contributed by atoms with Crippen molar-refractivity contribution < 1.29 is 4.79 Å². The van der Waals surface area contributed by atoms with Crippen LogP contribution in [0.5, 0.6) is 0 Å². The van der Waals surface area contributed by atoms with Crippen molar-refractivity contribution in [2.75, 3.05) is 0 Å². The van der Waals surface area contributed by atoms with Gasteiger partial charge in [0.05, 0.1) is 15.9 Å². The third-order valence-corrected chi connectivity index (χ3v) is 4.66. The van der Waals surface area contributed by atoms with Gasteiger partial charge in [0.2, 0.25) is 0 Å². The van der Waals surface area contributed by atoms with Crippen molar-refractivity contribution >= 4 is 44.8 Å². The smallest absolute Gasteiger partial charge is 0.289 e. The third kappa shape index (κ3) is 3.55. The SMILES string of the molecule is C/C(=N\NC(=O)Cn1c(=O)sc2ccccc21)c1cccc(Cl)c1. The first-order valence-corrected chi connectivity index (χ1v) is 8.41. The fraction of sp³-hybridized carbons (Fsp3) is 0.118. The van der Waals surface area contributed by atoms with Crippen molar-refractivity contribution in [2.24, 2.45) is 5.10 Å². The Balaban J connectivity index is 1.75. The number of amides is 1. The van der Waals surface area contributed by atoms with Crippen LogP contribution in [-0.4, -0.2) is 16.2 Å². The molecule has 0 saturated heterocycles. The quantitative estimate of drug-likeness (QED) is 0.574. The first-order chi connectivity index (χ1) is 11.5. The number of carbonyl (C=O) groups excluding carboxylic acids is 1. The molecule has 0 aliphatic rings. The lowest BCUT2D eigenvalue weighted by atomic mass is 10.1. The monoisotopic (exact) mass is 359 g/mol. The number of carbonyl (C=O) groups is 1. The topological polar surface area (TPSA) is 63.5 Å². The number of thiazole rings is 1. The van der Waals surface area contributed by atoms with E-state index < -0.39 is 0 Å². The lowest BCUT2D eigenvalue weighted by Gasteiger charge is -2.05. The molecule has 0 saturated carbocycles. The first kappa shape index (κ1) is 16.4. The molecule has 1 N–H and O–H groups in total. The molecule has 0 atom stereocenters. The maximum atomic E-state index is 12.1. The van der Waals surface area contributed by atoms with Crippen molar-refractivity contribution in [3.05, 3.63) is 68.8 Å². The number of halogens is 1. The van der Waals surface area contributed by atoms with E-state index in [1.54, 1.807) is 19.1 Å². The summed E-state index contributed by atoms with van der Waals surface area (Å²) in [5.41, 5.74) is 4.68. The third-order valence-electron chi connectivity index (χ3n) is 3.47. The Morgan fingerprint density at radius 2 is 2.04 bits per heavy atom. The molecule has 122 valence electrons. The fourth-order valence-electron chi connectivity index (χ4n) is 2.27. The summed E-state index contributed by atoms with van der Waals surface area (Å²) in [4.78, 5) is 24.0. The number of nitrogens with zero attached hydrogens (tertiary/aromatic N) is 2. The second-order valence-corrected chi connectivity index (χ2v) is 6.59. The van der Waals surface area contributed by atoms with Crippen molar-refractivity contribution in [1.82, 2.24) is 9.99 Å². The van der Waals surface area contributed by atoms with E-state index in [1.807, 2.05) is 36.4 Å². The van der Waals surface area contributed by atoms with Gasteiger partial charge in [-0.25, -0.2) is 5.43 Å². The molecule has 0 bridgehead atoms. The Bertz CT molecular complexity index is 991. The van der Waals surface area contributed by atoms with Gasteiger partial charge < -0.3 is 0 Å². The second kappa shape index (κ2) is 6.98. The van der Waals surface area contributed by atoms with Crippen LogP contribution in [-0.2, 0) is 11.3 Å². The lowest BCUT2D eigenvalue weighted by Crippen LogP contribution is -2.28. The number of rotatable bonds is 4. The molecule has 1 amide bonds.